The lowest BCUT2D eigenvalue weighted by atomic mass is 10.1. The van der Waals surface area contributed by atoms with Crippen LogP contribution in [0, 0.1) is 0 Å². The summed E-state index contributed by atoms with van der Waals surface area (Å²) in [5.41, 5.74) is 7.76. The molecule has 1 heterocycles. The summed E-state index contributed by atoms with van der Waals surface area (Å²) < 4.78 is 15.6. The van der Waals surface area contributed by atoms with Crippen molar-refractivity contribution in [3.8, 4) is 5.88 Å². The van der Waals surface area contributed by atoms with Gasteiger partial charge in [0.15, 0.2) is 5.57 Å². The van der Waals surface area contributed by atoms with Crippen LogP contribution in [0.1, 0.15) is 16.7 Å². The van der Waals surface area contributed by atoms with Crippen LogP contribution in [0.15, 0.2) is 84.6 Å². The lowest BCUT2D eigenvalue weighted by Gasteiger charge is -2.11. The van der Waals surface area contributed by atoms with Gasteiger partial charge in [0, 0.05) is 17.8 Å². The van der Waals surface area contributed by atoms with E-state index in [9.17, 15) is 9.59 Å². The number of hydrogen-bond acceptors (Lipinski definition) is 7. The first kappa shape index (κ1) is 21.6. The average molecular weight is 418 g/mol. The van der Waals surface area contributed by atoms with E-state index in [0.717, 1.165) is 11.1 Å². The van der Waals surface area contributed by atoms with E-state index in [0.29, 0.717) is 18.1 Å². The van der Waals surface area contributed by atoms with Crippen LogP contribution in [-0.4, -0.2) is 24.0 Å². The summed E-state index contributed by atoms with van der Waals surface area (Å²) in [7, 11) is 1.17. The van der Waals surface area contributed by atoms with Crippen LogP contribution in [0.25, 0.3) is 5.70 Å². The second-order valence-electron chi connectivity index (χ2n) is 6.50. The molecule has 7 nitrogen and oxygen atoms in total. The molecule has 0 aliphatic carbocycles. The van der Waals surface area contributed by atoms with Crippen molar-refractivity contribution in [2.24, 2.45) is 5.73 Å². The first-order chi connectivity index (χ1) is 15.1. The summed E-state index contributed by atoms with van der Waals surface area (Å²) in [5, 5.41) is 0. The van der Waals surface area contributed by atoms with Crippen molar-refractivity contribution in [2.75, 3.05) is 7.11 Å². The predicted molar refractivity (Wildman–Crippen MR) is 114 cm³/mol. The summed E-state index contributed by atoms with van der Waals surface area (Å²) in [4.78, 5) is 28.9. The van der Waals surface area contributed by atoms with Gasteiger partial charge in [-0.1, -0.05) is 60.7 Å². The normalized spacial score (nSPS) is 11.3. The highest BCUT2D eigenvalue weighted by atomic mass is 16.5. The van der Waals surface area contributed by atoms with Gasteiger partial charge >= 0.3 is 11.9 Å². The van der Waals surface area contributed by atoms with Gasteiger partial charge in [0.25, 0.3) is 0 Å². The van der Waals surface area contributed by atoms with Crippen molar-refractivity contribution in [1.29, 1.82) is 0 Å². The number of carbonyl (C=O) groups excluding carboxylic acids is 2. The first-order valence-corrected chi connectivity index (χ1v) is 9.50. The number of aromatic nitrogens is 1. The van der Waals surface area contributed by atoms with Gasteiger partial charge in [-0.2, -0.15) is 0 Å². The number of carbonyl (C=O) groups is 2. The minimum atomic E-state index is -0.889. The van der Waals surface area contributed by atoms with Crippen LogP contribution in [0.4, 0.5) is 0 Å². The Labute approximate surface area is 180 Å². The molecule has 0 saturated carbocycles. The zero-order chi connectivity index (χ0) is 22.1. The van der Waals surface area contributed by atoms with E-state index >= 15 is 0 Å². The minimum Gasteiger partial charge on any atom is -0.473 e. The second-order valence-corrected chi connectivity index (χ2v) is 6.50. The third-order valence-electron chi connectivity index (χ3n) is 4.35. The van der Waals surface area contributed by atoms with Gasteiger partial charge in [-0.05, 0) is 17.2 Å². The maximum atomic E-state index is 12.6. The molecule has 3 rings (SSSR count). The van der Waals surface area contributed by atoms with Crippen LogP contribution in [0.2, 0.25) is 0 Å². The van der Waals surface area contributed by atoms with Crippen LogP contribution in [-0.2, 0) is 32.3 Å². The molecule has 0 radical (unpaired) electrons. The number of rotatable bonds is 8. The SMILES string of the molecule is COC(=O)C(C(=O)OCc1ccccc1)=C(N)c1ccc(OCc2ccccc2)nc1. The smallest absolute Gasteiger partial charge is 0.348 e. The Kier molecular flexibility index (Phi) is 7.37. The van der Waals surface area contributed by atoms with Crippen molar-refractivity contribution in [2.45, 2.75) is 13.2 Å². The summed E-state index contributed by atoms with van der Waals surface area (Å²) >= 11 is 0. The molecule has 3 aromatic rings. The Hall–Kier alpha value is -4.13. The molecular formula is C24H22N2O5. The Balaban J connectivity index is 1.73. The molecule has 1 aromatic heterocycles. The van der Waals surface area contributed by atoms with Crippen molar-refractivity contribution in [3.63, 3.8) is 0 Å². The van der Waals surface area contributed by atoms with Crippen molar-refractivity contribution in [1.82, 2.24) is 4.98 Å². The first-order valence-electron chi connectivity index (χ1n) is 9.50. The molecule has 31 heavy (non-hydrogen) atoms. The van der Waals surface area contributed by atoms with E-state index in [1.54, 1.807) is 24.3 Å². The van der Waals surface area contributed by atoms with Crippen LogP contribution < -0.4 is 10.5 Å². The lowest BCUT2D eigenvalue weighted by molar-refractivity contribution is -0.146. The van der Waals surface area contributed by atoms with Gasteiger partial charge in [0.1, 0.15) is 13.2 Å². The van der Waals surface area contributed by atoms with E-state index in [1.807, 2.05) is 48.5 Å². The van der Waals surface area contributed by atoms with Crippen molar-refractivity contribution < 1.29 is 23.8 Å². The maximum Gasteiger partial charge on any atom is 0.348 e. The quantitative estimate of drug-likeness (QED) is 0.259. The van der Waals surface area contributed by atoms with E-state index in [1.165, 1.54) is 13.3 Å². The van der Waals surface area contributed by atoms with Gasteiger partial charge in [-0.15, -0.1) is 0 Å². The van der Waals surface area contributed by atoms with Crippen LogP contribution >= 0.6 is 0 Å². The molecule has 0 bridgehead atoms. The predicted octanol–water partition coefficient (Wildman–Crippen LogP) is 3.25. The number of nitrogens with two attached hydrogens (primary N) is 1. The molecule has 0 unspecified atom stereocenters. The van der Waals surface area contributed by atoms with Gasteiger partial charge in [0.05, 0.1) is 12.8 Å². The number of ether oxygens (including phenoxy) is 3. The largest absolute Gasteiger partial charge is 0.473 e. The van der Waals surface area contributed by atoms with Crippen LogP contribution in [0.5, 0.6) is 5.88 Å². The number of methoxy groups -OCH3 is 1. The monoisotopic (exact) mass is 418 g/mol. The minimum absolute atomic E-state index is 0.00202. The molecule has 0 aliphatic rings. The molecular weight excluding hydrogens is 396 g/mol. The molecule has 7 heteroatoms. The third-order valence-corrected chi connectivity index (χ3v) is 4.35. The van der Waals surface area contributed by atoms with Crippen molar-refractivity contribution >= 4 is 17.6 Å². The molecule has 0 atom stereocenters. The fourth-order valence-corrected chi connectivity index (χ4v) is 2.70. The maximum absolute atomic E-state index is 12.6. The Bertz CT molecular complexity index is 1050. The Morgan fingerprint density at radius 3 is 2.00 bits per heavy atom. The zero-order valence-electron chi connectivity index (χ0n) is 17.0. The molecule has 0 amide bonds. The van der Waals surface area contributed by atoms with Gasteiger partial charge < -0.3 is 19.9 Å². The summed E-state index contributed by atoms with van der Waals surface area (Å²) in [6.07, 6.45) is 1.42. The Morgan fingerprint density at radius 1 is 0.839 bits per heavy atom. The van der Waals surface area contributed by atoms with Crippen molar-refractivity contribution in [3.05, 3.63) is 101 Å². The standard InChI is InChI=1S/C24H22N2O5/c1-29-23(27)21(24(28)31-16-18-10-6-3-7-11-18)22(25)19-12-13-20(26-14-19)30-15-17-8-4-2-5-9-17/h2-14H,15-16,25H2,1H3. The van der Waals surface area contributed by atoms with Gasteiger partial charge in [-0.3, -0.25) is 0 Å². The van der Waals surface area contributed by atoms with Crippen LogP contribution in [0.3, 0.4) is 0 Å². The van der Waals surface area contributed by atoms with E-state index in [2.05, 4.69) is 4.98 Å². The summed E-state index contributed by atoms with van der Waals surface area (Å²) in [5.74, 6) is -1.38. The third kappa shape index (κ3) is 5.93. The highest BCUT2D eigenvalue weighted by molar-refractivity contribution is 6.19. The molecule has 2 aromatic carbocycles. The second kappa shape index (κ2) is 10.6. The fraction of sp³-hybridized carbons (Fsp3) is 0.125. The van der Waals surface area contributed by atoms with E-state index in [4.69, 9.17) is 19.9 Å². The molecule has 0 saturated heterocycles. The molecule has 0 aliphatic heterocycles. The molecule has 2 N–H and O–H groups in total. The fourth-order valence-electron chi connectivity index (χ4n) is 2.70. The Morgan fingerprint density at radius 2 is 1.45 bits per heavy atom. The molecule has 0 spiro atoms. The number of esters is 2. The van der Waals surface area contributed by atoms with Gasteiger partial charge in [0.2, 0.25) is 5.88 Å². The molecule has 158 valence electrons. The number of hydrogen-bond donors (Lipinski definition) is 1. The highest BCUT2D eigenvalue weighted by Gasteiger charge is 2.25. The topological polar surface area (TPSA) is 101 Å². The average Bonchev–Trinajstić information content (AvgIpc) is 2.83. The zero-order valence-corrected chi connectivity index (χ0v) is 17.0. The number of nitrogens with zero attached hydrogens (tertiary/aromatic N) is 1. The number of benzene rings is 2. The number of pyridine rings is 1. The van der Waals surface area contributed by atoms with E-state index in [-0.39, 0.29) is 12.3 Å². The highest BCUT2D eigenvalue weighted by Crippen LogP contribution is 2.19. The summed E-state index contributed by atoms with van der Waals surface area (Å²) in [6, 6.07) is 22.0. The summed E-state index contributed by atoms with van der Waals surface area (Å²) in [6.45, 7) is 0.357. The molecule has 0 fully saturated rings. The van der Waals surface area contributed by atoms with Gasteiger partial charge in [-0.25, -0.2) is 14.6 Å². The van der Waals surface area contributed by atoms with E-state index < -0.39 is 17.5 Å². The lowest BCUT2D eigenvalue weighted by Crippen LogP contribution is -2.21.